The summed E-state index contributed by atoms with van der Waals surface area (Å²) in [5.74, 6) is 0.0206. The monoisotopic (exact) mass is 378 g/mol. The lowest BCUT2D eigenvalue weighted by molar-refractivity contribution is -0.384. The third-order valence-electron chi connectivity index (χ3n) is 3.98. The Bertz CT molecular complexity index is 1110. The fraction of sp³-hybridized carbons (Fsp3) is 0.105. The summed E-state index contributed by atoms with van der Waals surface area (Å²) in [5.41, 5.74) is 8.54. The molecule has 0 atom stereocenters. The molecular formula is C19H18N6O3. The van der Waals surface area contributed by atoms with Crippen LogP contribution in [0.5, 0.6) is 0 Å². The van der Waals surface area contributed by atoms with Crippen LogP contribution in [0.4, 0.5) is 11.4 Å². The first kappa shape index (κ1) is 18.8. The Morgan fingerprint density at radius 3 is 2.46 bits per heavy atom. The molecule has 3 rings (SSSR count). The van der Waals surface area contributed by atoms with Gasteiger partial charge in [-0.05, 0) is 43.7 Å². The van der Waals surface area contributed by atoms with Gasteiger partial charge in [-0.1, -0.05) is 12.1 Å². The fourth-order valence-electron chi connectivity index (χ4n) is 2.56. The number of amidine groups is 1. The van der Waals surface area contributed by atoms with Gasteiger partial charge in [0.05, 0.1) is 10.6 Å². The number of nitro groups is 1. The van der Waals surface area contributed by atoms with Crippen molar-refractivity contribution in [3.05, 3.63) is 69.9 Å². The lowest BCUT2D eigenvalue weighted by Crippen LogP contribution is -2.12. The smallest absolute Gasteiger partial charge is 0.272 e. The summed E-state index contributed by atoms with van der Waals surface area (Å²) >= 11 is 0. The van der Waals surface area contributed by atoms with E-state index >= 15 is 0 Å². The van der Waals surface area contributed by atoms with E-state index in [1.54, 1.807) is 31.2 Å². The lowest BCUT2D eigenvalue weighted by atomic mass is 10.1. The van der Waals surface area contributed by atoms with Gasteiger partial charge < -0.3 is 16.0 Å². The summed E-state index contributed by atoms with van der Waals surface area (Å²) in [6.45, 7) is 3.46. The summed E-state index contributed by atoms with van der Waals surface area (Å²) in [6.07, 6.45) is 0. The first-order chi connectivity index (χ1) is 13.3. The number of amides is 1. The summed E-state index contributed by atoms with van der Waals surface area (Å²) in [4.78, 5) is 25.8. The maximum atomic E-state index is 12.5. The molecule has 0 unspecified atom stereocenters. The molecule has 0 bridgehead atoms. The molecule has 0 fully saturated rings. The van der Waals surface area contributed by atoms with Crippen molar-refractivity contribution in [1.29, 1.82) is 0 Å². The van der Waals surface area contributed by atoms with Crippen LogP contribution in [-0.4, -0.2) is 27.4 Å². The highest BCUT2D eigenvalue weighted by Crippen LogP contribution is 2.22. The average molecular weight is 378 g/mol. The van der Waals surface area contributed by atoms with Gasteiger partial charge in [-0.2, -0.15) is 5.10 Å². The van der Waals surface area contributed by atoms with E-state index in [2.05, 4.69) is 20.5 Å². The number of H-pyrrole nitrogens is 1. The van der Waals surface area contributed by atoms with Gasteiger partial charge in [-0.3, -0.25) is 14.9 Å². The summed E-state index contributed by atoms with van der Waals surface area (Å²) < 4.78 is 0. The molecule has 0 radical (unpaired) electrons. The first-order valence-electron chi connectivity index (χ1n) is 8.37. The summed E-state index contributed by atoms with van der Waals surface area (Å²) in [6, 6.07) is 13.1. The number of benzene rings is 2. The Morgan fingerprint density at radius 1 is 1.11 bits per heavy atom. The van der Waals surface area contributed by atoms with Crippen LogP contribution in [0.2, 0.25) is 0 Å². The highest BCUT2D eigenvalue weighted by molar-refractivity contribution is 6.06. The molecule has 0 aliphatic rings. The van der Waals surface area contributed by atoms with Crippen LogP contribution in [0.15, 0.2) is 58.7 Å². The Labute approximate surface area is 160 Å². The minimum atomic E-state index is -0.473. The topological polar surface area (TPSA) is 139 Å². The van der Waals surface area contributed by atoms with E-state index in [0.717, 1.165) is 5.56 Å². The Hall–Kier alpha value is -4.01. The molecule has 0 aliphatic carbocycles. The largest absolute Gasteiger partial charge is 0.386 e. The van der Waals surface area contributed by atoms with Crippen molar-refractivity contribution in [3.8, 4) is 0 Å². The van der Waals surface area contributed by atoms with E-state index < -0.39 is 4.92 Å². The minimum absolute atomic E-state index is 0.0276. The van der Waals surface area contributed by atoms with Crippen molar-refractivity contribution in [1.82, 2.24) is 4.98 Å². The van der Waals surface area contributed by atoms with E-state index in [-0.39, 0.29) is 11.6 Å². The van der Waals surface area contributed by atoms with Crippen molar-refractivity contribution < 1.29 is 9.72 Å². The van der Waals surface area contributed by atoms with Gasteiger partial charge in [0.25, 0.3) is 11.6 Å². The van der Waals surface area contributed by atoms with Crippen LogP contribution in [0.25, 0.3) is 10.9 Å². The molecule has 142 valence electrons. The normalized spacial score (nSPS) is 12.2. The molecule has 1 amide bonds. The maximum absolute atomic E-state index is 12.5. The minimum Gasteiger partial charge on any atom is -0.386 e. The van der Waals surface area contributed by atoms with Crippen LogP contribution in [0.1, 0.15) is 29.9 Å². The maximum Gasteiger partial charge on any atom is 0.272 e. The zero-order chi connectivity index (χ0) is 20.3. The van der Waals surface area contributed by atoms with E-state index in [0.29, 0.717) is 33.8 Å². The van der Waals surface area contributed by atoms with Gasteiger partial charge in [0.15, 0.2) is 0 Å². The third kappa shape index (κ3) is 4.21. The number of carbonyl (C=O) groups excluding carboxylic acids is 1. The molecule has 9 nitrogen and oxygen atoms in total. The molecule has 3 aromatic rings. The predicted octanol–water partition coefficient (Wildman–Crippen LogP) is 3.43. The molecule has 0 saturated carbocycles. The number of carbonyl (C=O) groups is 1. The number of anilines is 1. The number of aromatic amines is 1. The van der Waals surface area contributed by atoms with Gasteiger partial charge in [0.1, 0.15) is 11.5 Å². The fourth-order valence-corrected chi connectivity index (χ4v) is 2.56. The zero-order valence-electron chi connectivity index (χ0n) is 15.3. The third-order valence-corrected chi connectivity index (χ3v) is 3.98. The van der Waals surface area contributed by atoms with Gasteiger partial charge in [0, 0.05) is 28.7 Å². The number of hydrogen-bond acceptors (Lipinski definition) is 5. The second kappa shape index (κ2) is 7.70. The number of fused-ring (bicyclic) bond motifs is 1. The zero-order valence-corrected chi connectivity index (χ0v) is 15.3. The molecule has 28 heavy (non-hydrogen) atoms. The van der Waals surface area contributed by atoms with Crippen LogP contribution in [-0.2, 0) is 0 Å². The van der Waals surface area contributed by atoms with Crippen LogP contribution in [0.3, 0.4) is 0 Å². The first-order valence-corrected chi connectivity index (χ1v) is 8.37. The number of nitrogens with two attached hydrogens (primary N) is 1. The Kier molecular flexibility index (Phi) is 5.16. The quantitative estimate of drug-likeness (QED) is 0.271. The molecule has 0 aliphatic heterocycles. The number of non-ortho nitro benzene ring substituents is 1. The highest BCUT2D eigenvalue weighted by atomic mass is 16.6. The van der Waals surface area contributed by atoms with Crippen LogP contribution < -0.4 is 11.1 Å². The Morgan fingerprint density at radius 2 is 1.82 bits per heavy atom. The van der Waals surface area contributed by atoms with Crippen molar-refractivity contribution >= 4 is 39.7 Å². The van der Waals surface area contributed by atoms with Gasteiger partial charge in [-0.25, -0.2) is 0 Å². The molecule has 4 N–H and O–H groups in total. The standard InChI is InChI=1S/C19H18N6O3/c1-11(23-24-12(2)20)13-3-5-15(6-4-13)21-19(26)18-10-14-9-16(25(27)28)7-8-17(14)22-18/h3-10,22H,1-2H3,(H2,20,24)(H,21,26)/b23-11-. The molecule has 1 aromatic heterocycles. The second-order valence-corrected chi connectivity index (χ2v) is 6.17. The van der Waals surface area contributed by atoms with Gasteiger partial charge >= 0.3 is 0 Å². The SMILES string of the molecule is CC(N)=N/N=C(/C)c1ccc(NC(=O)c2cc3cc([N+](=O)[O-])ccc3[nH]2)cc1. The second-order valence-electron chi connectivity index (χ2n) is 6.17. The van der Waals surface area contributed by atoms with Gasteiger partial charge in [0.2, 0.25) is 0 Å². The predicted molar refractivity (Wildman–Crippen MR) is 109 cm³/mol. The summed E-state index contributed by atoms with van der Waals surface area (Å²) in [5, 5.41) is 22.1. The van der Waals surface area contributed by atoms with Crippen molar-refractivity contribution in [3.63, 3.8) is 0 Å². The van der Waals surface area contributed by atoms with E-state index in [1.807, 2.05) is 19.1 Å². The highest BCUT2D eigenvalue weighted by Gasteiger charge is 2.13. The Balaban J connectivity index is 1.76. The van der Waals surface area contributed by atoms with Gasteiger partial charge in [-0.15, -0.1) is 5.10 Å². The average Bonchev–Trinajstić information content (AvgIpc) is 3.10. The number of nitrogens with zero attached hydrogens (tertiary/aromatic N) is 3. The van der Waals surface area contributed by atoms with E-state index in [4.69, 9.17) is 5.73 Å². The molecule has 0 spiro atoms. The molecule has 2 aromatic carbocycles. The number of nitro benzene ring substituents is 1. The van der Waals surface area contributed by atoms with Crippen molar-refractivity contribution in [2.45, 2.75) is 13.8 Å². The van der Waals surface area contributed by atoms with Crippen LogP contribution in [0, 0.1) is 10.1 Å². The molecular weight excluding hydrogens is 360 g/mol. The van der Waals surface area contributed by atoms with E-state index in [9.17, 15) is 14.9 Å². The van der Waals surface area contributed by atoms with E-state index in [1.165, 1.54) is 12.1 Å². The number of nitrogens with one attached hydrogen (secondary N) is 2. The number of aromatic nitrogens is 1. The van der Waals surface area contributed by atoms with Crippen molar-refractivity contribution in [2.75, 3.05) is 5.32 Å². The lowest BCUT2D eigenvalue weighted by Gasteiger charge is -2.05. The summed E-state index contributed by atoms with van der Waals surface area (Å²) in [7, 11) is 0. The molecule has 0 saturated heterocycles. The number of rotatable bonds is 5. The van der Waals surface area contributed by atoms with Crippen LogP contribution >= 0.6 is 0 Å². The number of hydrogen-bond donors (Lipinski definition) is 3. The molecule has 1 heterocycles. The molecule has 9 heteroatoms. The van der Waals surface area contributed by atoms with Crippen molar-refractivity contribution in [2.24, 2.45) is 15.9 Å².